The van der Waals surface area contributed by atoms with Gasteiger partial charge < -0.3 is 11.1 Å². The highest BCUT2D eigenvalue weighted by Gasteiger charge is 2.23. The van der Waals surface area contributed by atoms with Crippen LogP contribution in [0.25, 0.3) is 0 Å². The highest BCUT2D eigenvalue weighted by molar-refractivity contribution is 5.64. The minimum Gasteiger partial charge on any atom is -0.394 e. The molecule has 17 heavy (non-hydrogen) atoms. The lowest BCUT2D eigenvalue weighted by molar-refractivity contribution is 0.438. The van der Waals surface area contributed by atoms with Crippen molar-refractivity contribution in [1.29, 1.82) is 0 Å². The Kier molecular flexibility index (Phi) is 3.60. The number of nitrogens with two attached hydrogens (primary N) is 1. The number of rotatable bonds is 4. The molecule has 1 aliphatic carbocycles. The maximum atomic E-state index is 6.05. The van der Waals surface area contributed by atoms with Gasteiger partial charge in [0.05, 0.1) is 11.4 Å². The molecule has 0 amide bonds. The van der Waals surface area contributed by atoms with Gasteiger partial charge in [-0.2, -0.15) is 5.10 Å². The van der Waals surface area contributed by atoms with E-state index in [1.54, 1.807) is 0 Å². The molecule has 4 nitrogen and oxygen atoms in total. The lowest BCUT2D eigenvalue weighted by atomic mass is 9.98. The van der Waals surface area contributed by atoms with Crippen molar-refractivity contribution in [2.75, 3.05) is 17.6 Å². The number of aryl methyl sites for hydroxylation is 2. The molecule has 1 fully saturated rings. The molecular formula is C13H24N4. The van der Waals surface area contributed by atoms with Crippen LogP contribution in [0.4, 0.5) is 11.5 Å². The second-order valence-corrected chi connectivity index (χ2v) is 5.21. The zero-order valence-corrected chi connectivity index (χ0v) is 11.2. The Balaban J connectivity index is 2.03. The van der Waals surface area contributed by atoms with E-state index in [0.29, 0.717) is 0 Å². The Morgan fingerprint density at radius 1 is 1.47 bits per heavy atom. The molecule has 1 saturated carbocycles. The summed E-state index contributed by atoms with van der Waals surface area (Å²) in [5.41, 5.74) is 7.78. The number of hydrogen-bond donors (Lipinski definition) is 2. The molecule has 0 aliphatic heterocycles. The summed E-state index contributed by atoms with van der Waals surface area (Å²) in [6.45, 7) is 8.29. The number of nitrogens with one attached hydrogen (secondary N) is 1. The van der Waals surface area contributed by atoms with Crippen molar-refractivity contribution in [2.45, 2.75) is 46.6 Å². The fourth-order valence-electron chi connectivity index (χ4n) is 2.76. The maximum Gasteiger partial charge on any atom is 0.148 e. The number of anilines is 2. The number of hydrogen-bond acceptors (Lipinski definition) is 3. The minimum absolute atomic E-state index is 0.787. The van der Waals surface area contributed by atoms with Gasteiger partial charge in [0.25, 0.3) is 0 Å². The van der Waals surface area contributed by atoms with Gasteiger partial charge in [-0.25, -0.2) is 4.68 Å². The smallest absolute Gasteiger partial charge is 0.148 e. The third-order valence-corrected chi connectivity index (χ3v) is 4.04. The molecule has 2 rings (SSSR count). The van der Waals surface area contributed by atoms with Gasteiger partial charge in [0, 0.05) is 13.1 Å². The van der Waals surface area contributed by atoms with Crippen LogP contribution < -0.4 is 11.1 Å². The van der Waals surface area contributed by atoms with Gasteiger partial charge in [-0.15, -0.1) is 0 Å². The van der Waals surface area contributed by atoms with Crippen molar-refractivity contribution in [1.82, 2.24) is 9.78 Å². The highest BCUT2D eigenvalue weighted by atomic mass is 15.3. The Labute approximate surface area is 104 Å². The normalized spacial score (nSPS) is 24.2. The number of aromatic nitrogens is 2. The van der Waals surface area contributed by atoms with Crippen LogP contribution in [0.15, 0.2) is 0 Å². The largest absolute Gasteiger partial charge is 0.394 e. The van der Waals surface area contributed by atoms with Crippen LogP contribution in [0.3, 0.4) is 0 Å². The van der Waals surface area contributed by atoms with Gasteiger partial charge in [-0.3, -0.25) is 0 Å². The summed E-state index contributed by atoms with van der Waals surface area (Å²) >= 11 is 0. The Morgan fingerprint density at radius 2 is 2.24 bits per heavy atom. The van der Waals surface area contributed by atoms with E-state index < -0.39 is 0 Å². The summed E-state index contributed by atoms with van der Waals surface area (Å²) in [5.74, 6) is 2.63. The predicted molar refractivity (Wildman–Crippen MR) is 72.0 cm³/mol. The standard InChI is InChI=1S/C13H24N4/c1-4-17-13(12(14)10(3)16-17)15-8-11-7-5-6-9(11)2/h9,11,15H,4-8,14H2,1-3H3. The SMILES string of the molecule is CCn1nc(C)c(N)c1NCC1CCCC1C. The molecule has 2 atom stereocenters. The van der Waals surface area contributed by atoms with Crippen molar-refractivity contribution >= 4 is 11.5 Å². The third kappa shape index (κ3) is 2.40. The summed E-state index contributed by atoms with van der Waals surface area (Å²) in [5, 5.41) is 7.92. The van der Waals surface area contributed by atoms with E-state index in [1.807, 2.05) is 11.6 Å². The summed E-state index contributed by atoms with van der Waals surface area (Å²) in [4.78, 5) is 0. The topological polar surface area (TPSA) is 55.9 Å². The van der Waals surface area contributed by atoms with E-state index in [4.69, 9.17) is 5.73 Å². The Morgan fingerprint density at radius 3 is 2.82 bits per heavy atom. The lowest BCUT2D eigenvalue weighted by Crippen LogP contribution is -2.19. The van der Waals surface area contributed by atoms with Gasteiger partial charge in [0.2, 0.25) is 0 Å². The highest BCUT2D eigenvalue weighted by Crippen LogP contribution is 2.32. The minimum atomic E-state index is 0.787. The van der Waals surface area contributed by atoms with Crippen LogP contribution in [0.5, 0.6) is 0 Å². The Hall–Kier alpha value is -1.19. The summed E-state index contributed by atoms with van der Waals surface area (Å²) in [7, 11) is 0. The van der Waals surface area contributed by atoms with Crippen LogP contribution in [0.2, 0.25) is 0 Å². The molecule has 0 aromatic carbocycles. The van der Waals surface area contributed by atoms with Crippen LogP contribution in [-0.2, 0) is 6.54 Å². The van der Waals surface area contributed by atoms with Gasteiger partial charge >= 0.3 is 0 Å². The van der Waals surface area contributed by atoms with E-state index in [2.05, 4.69) is 24.3 Å². The van der Waals surface area contributed by atoms with Crippen molar-refractivity contribution in [3.63, 3.8) is 0 Å². The van der Waals surface area contributed by atoms with Crippen molar-refractivity contribution in [2.24, 2.45) is 11.8 Å². The molecule has 1 aromatic rings. The van der Waals surface area contributed by atoms with Crippen molar-refractivity contribution in [3.05, 3.63) is 5.69 Å². The van der Waals surface area contributed by atoms with E-state index in [9.17, 15) is 0 Å². The first-order valence-electron chi connectivity index (χ1n) is 6.70. The fraction of sp³-hybridized carbons (Fsp3) is 0.769. The average molecular weight is 236 g/mol. The summed E-state index contributed by atoms with van der Waals surface area (Å²) < 4.78 is 1.96. The summed E-state index contributed by atoms with van der Waals surface area (Å²) in [6, 6.07) is 0. The molecule has 3 N–H and O–H groups in total. The van der Waals surface area contributed by atoms with Crippen molar-refractivity contribution in [3.8, 4) is 0 Å². The van der Waals surface area contributed by atoms with Gasteiger partial charge in [0.1, 0.15) is 5.82 Å². The second-order valence-electron chi connectivity index (χ2n) is 5.21. The molecule has 1 aliphatic rings. The molecule has 4 heteroatoms. The molecule has 96 valence electrons. The first-order chi connectivity index (χ1) is 8.13. The van der Waals surface area contributed by atoms with E-state index in [-0.39, 0.29) is 0 Å². The molecule has 1 aromatic heterocycles. The number of nitrogens with zero attached hydrogens (tertiary/aromatic N) is 2. The van der Waals surface area contributed by atoms with Gasteiger partial charge in [-0.1, -0.05) is 19.8 Å². The monoisotopic (exact) mass is 236 g/mol. The average Bonchev–Trinajstić information content (AvgIpc) is 2.83. The fourth-order valence-corrected chi connectivity index (χ4v) is 2.76. The first-order valence-corrected chi connectivity index (χ1v) is 6.70. The second kappa shape index (κ2) is 4.98. The van der Waals surface area contributed by atoms with E-state index >= 15 is 0 Å². The zero-order chi connectivity index (χ0) is 12.4. The summed E-state index contributed by atoms with van der Waals surface area (Å²) in [6.07, 6.45) is 4.08. The van der Waals surface area contributed by atoms with E-state index in [0.717, 1.165) is 42.1 Å². The van der Waals surface area contributed by atoms with Crippen LogP contribution in [-0.4, -0.2) is 16.3 Å². The van der Waals surface area contributed by atoms with Gasteiger partial charge in [0.15, 0.2) is 0 Å². The van der Waals surface area contributed by atoms with E-state index in [1.165, 1.54) is 19.3 Å². The zero-order valence-electron chi connectivity index (χ0n) is 11.2. The molecule has 1 heterocycles. The lowest BCUT2D eigenvalue weighted by Gasteiger charge is -2.17. The first kappa shape index (κ1) is 12.3. The maximum absolute atomic E-state index is 6.05. The molecule has 0 radical (unpaired) electrons. The van der Waals surface area contributed by atoms with Crippen LogP contribution in [0, 0.1) is 18.8 Å². The Bertz CT molecular complexity index is 383. The molecular weight excluding hydrogens is 212 g/mol. The molecule has 2 unspecified atom stereocenters. The molecule has 0 spiro atoms. The number of nitrogen functional groups attached to an aromatic ring is 1. The van der Waals surface area contributed by atoms with Gasteiger partial charge in [-0.05, 0) is 32.1 Å². The quantitative estimate of drug-likeness (QED) is 0.845. The van der Waals surface area contributed by atoms with Crippen LogP contribution >= 0.6 is 0 Å². The molecule has 0 bridgehead atoms. The predicted octanol–water partition coefficient (Wildman–Crippen LogP) is 2.64. The third-order valence-electron chi connectivity index (χ3n) is 4.04. The van der Waals surface area contributed by atoms with Crippen molar-refractivity contribution < 1.29 is 0 Å². The molecule has 0 saturated heterocycles. The van der Waals surface area contributed by atoms with Crippen LogP contribution in [0.1, 0.15) is 38.8 Å².